The smallest absolute Gasteiger partial charge is 0.192 e. The Bertz CT molecular complexity index is 427. The van der Waals surface area contributed by atoms with Crippen LogP contribution in [0.2, 0.25) is 0 Å². The van der Waals surface area contributed by atoms with E-state index in [4.69, 9.17) is 5.73 Å². The number of halogens is 1. The minimum absolute atomic E-state index is 0.0964. The molecule has 0 spiro atoms. The Balaban J connectivity index is 2.32. The van der Waals surface area contributed by atoms with Gasteiger partial charge >= 0.3 is 0 Å². The largest absolute Gasteiger partial charge is 0.370 e. The normalized spacial score (nSPS) is 23.9. The number of nitrogens with zero attached hydrogens (tertiary/aromatic N) is 2. The quantitative estimate of drug-likeness (QED) is 0.932. The molecule has 2 rings (SSSR count). The second kappa shape index (κ2) is 4.69. The van der Waals surface area contributed by atoms with E-state index in [2.05, 4.69) is 63.9 Å². The summed E-state index contributed by atoms with van der Waals surface area (Å²) in [5, 5.41) is 0. The minimum atomic E-state index is -0.0964. The molecule has 0 saturated carbocycles. The molecule has 1 aliphatic heterocycles. The Morgan fingerprint density at radius 2 is 2.06 bits per heavy atom. The van der Waals surface area contributed by atoms with E-state index in [0.29, 0.717) is 5.96 Å². The van der Waals surface area contributed by atoms with Gasteiger partial charge in [-0.05, 0) is 31.0 Å². The second-order valence-electron chi connectivity index (χ2n) is 4.61. The third kappa shape index (κ3) is 2.18. The number of benzene rings is 1. The maximum absolute atomic E-state index is 5.97. The molecule has 17 heavy (non-hydrogen) atoms. The van der Waals surface area contributed by atoms with Crippen LogP contribution in [-0.2, 0) is 5.54 Å². The maximum atomic E-state index is 5.97. The van der Waals surface area contributed by atoms with Crippen LogP contribution in [0.4, 0.5) is 0 Å². The highest BCUT2D eigenvalue weighted by Gasteiger charge is 2.38. The van der Waals surface area contributed by atoms with E-state index in [9.17, 15) is 0 Å². The van der Waals surface area contributed by atoms with Crippen LogP contribution < -0.4 is 5.73 Å². The summed E-state index contributed by atoms with van der Waals surface area (Å²) in [5.74, 6) is 0.664. The van der Waals surface area contributed by atoms with Gasteiger partial charge in [0.1, 0.15) is 0 Å². The van der Waals surface area contributed by atoms with Gasteiger partial charge in [-0.15, -0.1) is 0 Å². The molecule has 0 bridgehead atoms. The van der Waals surface area contributed by atoms with Crippen LogP contribution in [-0.4, -0.2) is 23.9 Å². The SMILES string of the molecule is CCCN1C(N)=NCC1(C)c1ccc(Br)cc1. The summed E-state index contributed by atoms with van der Waals surface area (Å²) in [5.41, 5.74) is 7.14. The average Bonchev–Trinajstić information content (AvgIpc) is 2.60. The molecule has 0 radical (unpaired) electrons. The number of nitrogens with two attached hydrogens (primary N) is 1. The highest BCUT2D eigenvalue weighted by molar-refractivity contribution is 9.10. The van der Waals surface area contributed by atoms with Gasteiger partial charge in [0.15, 0.2) is 5.96 Å². The highest BCUT2D eigenvalue weighted by Crippen LogP contribution is 2.33. The third-order valence-electron chi connectivity index (χ3n) is 3.33. The lowest BCUT2D eigenvalue weighted by Gasteiger charge is -2.36. The van der Waals surface area contributed by atoms with Crippen LogP contribution >= 0.6 is 15.9 Å². The monoisotopic (exact) mass is 295 g/mol. The Kier molecular flexibility index (Phi) is 3.43. The molecular weight excluding hydrogens is 278 g/mol. The van der Waals surface area contributed by atoms with Crippen LogP contribution in [0.15, 0.2) is 33.7 Å². The molecule has 3 nitrogen and oxygen atoms in total. The maximum Gasteiger partial charge on any atom is 0.192 e. The van der Waals surface area contributed by atoms with Crippen LogP contribution in [0.25, 0.3) is 0 Å². The first-order chi connectivity index (χ1) is 8.08. The van der Waals surface area contributed by atoms with Crippen molar-refractivity contribution in [2.45, 2.75) is 25.8 Å². The lowest BCUT2D eigenvalue weighted by Crippen LogP contribution is -2.47. The molecule has 1 aromatic rings. The number of guanidine groups is 1. The van der Waals surface area contributed by atoms with Crippen molar-refractivity contribution in [2.24, 2.45) is 10.7 Å². The number of hydrogen-bond donors (Lipinski definition) is 1. The predicted octanol–water partition coefficient (Wildman–Crippen LogP) is 2.70. The first kappa shape index (κ1) is 12.4. The zero-order valence-corrected chi connectivity index (χ0v) is 11.9. The van der Waals surface area contributed by atoms with Crippen molar-refractivity contribution in [3.63, 3.8) is 0 Å². The molecule has 4 heteroatoms. The fourth-order valence-electron chi connectivity index (χ4n) is 2.30. The molecule has 92 valence electrons. The molecule has 1 atom stereocenters. The summed E-state index contributed by atoms with van der Waals surface area (Å²) in [4.78, 5) is 6.60. The molecule has 0 amide bonds. The van der Waals surface area contributed by atoms with E-state index in [0.717, 1.165) is 24.0 Å². The van der Waals surface area contributed by atoms with Crippen LogP contribution in [0.3, 0.4) is 0 Å². The molecule has 2 N–H and O–H groups in total. The Hall–Kier alpha value is -1.03. The molecule has 0 aromatic heterocycles. The summed E-state index contributed by atoms with van der Waals surface area (Å²) < 4.78 is 1.10. The van der Waals surface area contributed by atoms with Crippen molar-refractivity contribution >= 4 is 21.9 Å². The van der Waals surface area contributed by atoms with Gasteiger partial charge in [0.05, 0.1) is 12.1 Å². The van der Waals surface area contributed by atoms with Gasteiger partial charge in [-0.2, -0.15) is 0 Å². The van der Waals surface area contributed by atoms with Gasteiger partial charge in [0.2, 0.25) is 0 Å². The first-order valence-corrected chi connectivity index (χ1v) is 6.71. The molecule has 1 heterocycles. The number of hydrogen-bond acceptors (Lipinski definition) is 3. The van der Waals surface area contributed by atoms with Crippen LogP contribution in [0, 0.1) is 0 Å². The molecule has 1 aliphatic rings. The van der Waals surface area contributed by atoms with E-state index in [1.54, 1.807) is 0 Å². The van der Waals surface area contributed by atoms with Gasteiger partial charge in [0, 0.05) is 11.0 Å². The van der Waals surface area contributed by atoms with Gasteiger partial charge in [-0.25, -0.2) is 0 Å². The average molecular weight is 296 g/mol. The van der Waals surface area contributed by atoms with Crippen LogP contribution in [0.1, 0.15) is 25.8 Å². The summed E-state index contributed by atoms with van der Waals surface area (Å²) in [6.07, 6.45) is 1.07. The Labute approximate surface area is 111 Å². The van der Waals surface area contributed by atoms with E-state index in [1.807, 2.05) is 0 Å². The number of aliphatic imine (C=N–C) groups is 1. The molecule has 1 aromatic carbocycles. The number of rotatable bonds is 3. The second-order valence-corrected chi connectivity index (χ2v) is 5.52. The van der Waals surface area contributed by atoms with Crippen molar-refractivity contribution < 1.29 is 0 Å². The predicted molar refractivity (Wildman–Crippen MR) is 75.0 cm³/mol. The summed E-state index contributed by atoms with van der Waals surface area (Å²) >= 11 is 3.46. The van der Waals surface area contributed by atoms with Crippen molar-refractivity contribution in [1.29, 1.82) is 0 Å². The topological polar surface area (TPSA) is 41.6 Å². The zero-order chi connectivity index (χ0) is 12.5. The summed E-state index contributed by atoms with van der Waals surface area (Å²) in [6, 6.07) is 8.42. The first-order valence-electron chi connectivity index (χ1n) is 5.91. The van der Waals surface area contributed by atoms with Crippen molar-refractivity contribution in [3.05, 3.63) is 34.3 Å². The van der Waals surface area contributed by atoms with Gasteiger partial charge in [-0.3, -0.25) is 4.99 Å². The Morgan fingerprint density at radius 3 is 2.65 bits per heavy atom. The van der Waals surface area contributed by atoms with Crippen LogP contribution in [0.5, 0.6) is 0 Å². The molecule has 1 unspecified atom stereocenters. The fraction of sp³-hybridized carbons (Fsp3) is 0.462. The van der Waals surface area contributed by atoms with Gasteiger partial charge in [0.25, 0.3) is 0 Å². The van der Waals surface area contributed by atoms with Gasteiger partial charge in [-0.1, -0.05) is 35.0 Å². The van der Waals surface area contributed by atoms with Gasteiger partial charge < -0.3 is 10.6 Å². The van der Waals surface area contributed by atoms with E-state index in [1.165, 1.54) is 5.56 Å². The van der Waals surface area contributed by atoms with E-state index >= 15 is 0 Å². The lowest BCUT2D eigenvalue weighted by molar-refractivity contribution is 0.225. The van der Waals surface area contributed by atoms with Crippen molar-refractivity contribution in [1.82, 2.24) is 4.90 Å². The fourth-order valence-corrected chi connectivity index (χ4v) is 2.56. The zero-order valence-electron chi connectivity index (χ0n) is 10.3. The minimum Gasteiger partial charge on any atom is -0.370 e. The van der Waals surface area contributed by atoms with E-state index in [-0.39, 0.29) is 5.54 Å². The standard InChI is InChI=1S/C13H18BrN3/c1-3-8-17-12(15)16-9-13(17,2)10-4-6-11(14)7-5-10/h4-7H,3,8-9H2,1-2H3,(H2,15,16). The van der Waals surface area contributed by atoms with Crippen molar-refractivity contribution in [3.8, 4) is 0 Å². The lowest BCUT2D eigenvalue weighted by atomic mass is 9.91. The molecular formula is C13H18BrN3. The third-order valence-corrected chi connectivity index (χ3v) is 3.86. The molecule has 0 saturated heterocycles. The molecule has 0 fully saturated rings. The Morgan fingerprint density at radius 1 is 1.41 bits per heavy atom. The van der Waals surface area contributed by atoms with Crippen molar-refractivity contribution in [2.75, 3.05) is 13.1 Å². The van der Waals surface area contributed by atoms with E-state index < -0.39 is 0 Å². The summed E-state index contributed by atoms with van der Waals surface area (Å²) in [6.45, 7) is 6.05. The molecule has 0 aliphatic carbocycles. The highest BCUT2D eigenvalue weighted by atomic mass is 79.9. The summed E-state index contributed by atoms with van der Waals surface area (Å²) in [7, 11) is 0.